The summed E-state index contributed by atoms with van der Waals surface area (Å²) in [6, 6.07) is 5.45. The molecule has 2 rings (SSSR count). The summed E-state index contributed by atoms with van der Waals surface area (Å²) in [5.41, 5.74) is 0.303. The molecule has 1 heterocycles. The van der Waals surface area contributed by atoms with Crippen molar-refractivity contribution in [3.8, 4) is 0 Å². The third-order valence-electron chi connectivity index (χ3n) is 2.74. The summed E-state index contributed by atoms with van der Waals surface area (Å²) < 4.78 is 40.7. The highest BCUT2D eigenvalue weighted by atomic mass is 79.9. The minimum Gasteiger partial charge on any atom is -0.315 e. The van der Waals surface area contributed by atoms with E-state index in [1.807, 2.05) is 0 Å². The van der Waals surface area contributed by atoms with Gasteiger partial charge in [0.2, 0.25) is 0 Å². The highest BCUT2D eigenvalue weighted by Gasteiger charge is 2.21. The van der Waals surface area contributed by atoms with Gasteiger partial charge in [0.15, 0.2) is 0 Å². The minimum absolute atomic E-state index is 0.244. The highest BCUT2D eigenvalue weighted by molar-refractivity contribution is 9.10. The summed E-state index contributed by atoms with van der Waals surface area (Å²) in [5, 5.41) is 2.99. The van der Waals surface area contributed by atoms with E-state index in [1.54, 1.807) is 20.0 Å². The van der Waals surface area contributed by atoms with E-state index in [2.05, 4.69) is 26.0 Å². The number of benzene rings is 1. The first-order valence-corrected chi connectivity index (χ1v) is 9.14. The third kappa shape index (κ3) is 3.82. The first-order valence-electron chi connectivity index (χ1n) is 6.05. The fraction of sp³-hybridized carbons (Fsp3) is 0.231. The Kier molecular flexibility index (Phi) is 5.03. The van der Waals surface area contributed by atoms with Gasteiger partial charge in [-0.2, -0.15) is 0 Å². The molecule has 0 amide bonds. The molecule has 1 aromatic carbocycles. The summed E-state index contributed by atoms with van der Waals surface area (Å²) in [5.74, 6) is -0.437. The standard InChI is InChI=1S/C13H14BrFN2O2S2/c1-8-13(6-10(20-8)7-16-2)21(18,19)17-12-4-3-9(15)5-11(12)14/h3-6,16-17H,7H2,1-2H3. The maximum atomic E-state index is 13.0. The Morgan fingerprint density at radius 1 is 1.33 bits per heavy atom. The van der Waals surface area contributed by atoms with Crippen LogP contribution in [-0.4, -0.2) is 15.5 Å². The van der Waals surface area contributed by atoms with Gasteiger partial charge in [0, 0.05) is 20.8 Å². The van der Waals surface area contributed by atoms with E-state index in [0.717, 1.165) is 4.88 Å². The smallest absolute Gasteiger partial charge is 0.263 e. The van der Waals surface area contributed by atoms with Crippen molar-refractivity contribution < 1.29 is 12.8 Å². The van der Waals surface area contributed by atoms with Crippen molar-refractivity contribution in [3.63, 3.8) is 0 Å². The topological polar surface area (TPSA) is 58.2 Å². The molecule has 2 aromatic rings. The third-order valence-corrected chi connectivity index (χ3v) is 6.07. The molecule has 0 radical (unpaired) electrons. The van der Waals surface area contributed by atoms with Gasteiger partial charge in [-0.05, 0) is 54.2 Å². The zero-order chi connectivity index (χ0) is 15.6. The fourth-order valence-corrected chi connectivity index (χ4v) is 5.13. The van der Waals surface area contributed by atoms with E-state index < -0.39 is 15.8 Å². The molecule has 0 atom stereocenters. The molecule has 2 N–H and O–H groups in total. The van der Waals surface area contributed by atoms with Gasteiger partial charge in [-0.25, -0.2) is 12.8 Å². The Labute approximate surface area is 135 Å². The average molecular weight is 393 g/mol. The predicted octanol–water partition coefficient (Wildman–Crippen LogP) is 3.48. The van der Waals surface area contributed by atoms with Gasteiger partial charge in [0.1, 0.15) is 10.7 Å². The van der Waals surface area contributed by atoms with E-state index in [1.165, 1.54) is 29.5 Å². The molecule has 0 aliphatic heterocycles. The van der Waals surface area contributed by atoms with Crippen LogP contribution in [0.25, 0.3) is 0 Å². The van der Waals surface area contributed by atoms with Crippen LogP contribution in [0.1, 0.15) is 9.75 Å². The van der Waals surface area contributed by atoms with Gasteiger partial charge >= 0.3 is 0 Å². The number of hydrogen-bond acceptors (Lipinski definition) is 4. The van der Waals surface area contributed by atoms with Gasteiger partial charge in [0.25, 0.3) is 10.0 Å². The molecular weight excluding hydrogens is 379 g/mol. The maximum Gasteiger partial charge on any atom is 0.263 e. The highest BCUT2D eigenvalue weighted by Crippen LogP contribution is 2.30. The maximum absolute atomic E-state index is 13.0. The van der Waals surface area contributed by atoms with Gasteiger partial charge < -0.3 is 5.32 Å². The van der Waals surface area contributed by atoms with Gasteiger partial charge in [-0.15, -0.1) is 11.3 Å². The van der Waals surface area contributed by atoms with Gasteiger partial charge in [-0.3, -0.25) is 4.72 Å². The molecular formula is C13H14BrFN2O2S2. The monoisotopic (exact) mass is 392 g/mol. The summed E-state index contributed by atoms with van der Waals surface area (Å²) >= 11 is 4.58. The van der Waals surface area contributed by atoms with Crippen molar-refractivity contribution >= 4 is 43.0 Å². The molecule has 21 heavy (non-hydrogen) atoms. The largest absolute Gasteiger partial charge is 0.315 e. The van der Waals surface area contributed by atoms with Crippen molar-refractivity contribution in [2.45, 2.75) is 18.4 Å². The lowest BCUT2D eigenvalue weighted by atomic mass is 10.3. The van der Waals surface area contributed by atoms with Crippen molar-refractivity contribution in [1.82, 2.24) is 5.32 Å². The van der Waals surface area contributed by atoms with Crippen LogP contribution >= 0.6 is 27.3 Å². The number of nitrogens with one attached hydrogen (secondary N) is 2. The number of sulfonamides is 1. The second kappa shape index (κ2) is 6.43. The zero-order valence-corrected chi connectivity index (χ0v) is 14.6. The number of halogens is 2. The molecule has 4 nitrogen and oxygen atoms in total. The van der Waals surface area contributed by atoms with Crippen LogP contribution in [0.5, 0.6) is 0 Å². The summed E-state index contributed by atoms with van der Waals surface area (Å²) in [4.78, 5) is 1.90. The fourth-order valence-electron chi connectivity index (χ4n) is 1.82. The van der Waals surface area contributed by atoms with Crippen LogP contribution in [0, 0.1) is 12.7 Å². The second-order valence-electron chi connectivity index (χ2n) is 4.39. The summed E-state index contributed by atoms with van der Waals surface area (Å²) in [6.45, 7) is 2.37. The lowest BCUT2D eigenvalue weighted by Crippen LogP contribution is -2.13. The predicted molar refractivity (Wildman–Crippen MR) is 86.7 cm³/mol. The molecule has 0 aliphatic carbocycles. The Hall–Kier alpha value is -0.960. The van der Waals surface area contributed by atoms with E-state index in [0.29, 0.717) is 21.6 Å². The summed E-state index contributed by atoms with van der Waals surface area (Å²) in [7, 11) is -1.89. The molecule has 0 spiro atoms. The molecule has 0 saturated carbocycles. The van der Waals surface area contributed by atoms with Crippen molar-refractivity contribution in [2.75, 3.05) is 11.8 Å². The van der Waals surface area contributed by atoms with Crippen LogP contribution in [0.3, 0.4) is 0 Å². The first-order chi connectivity index (χ1) is 9.83. The van der Waals surface area contributed by atoms with Crippen LogP contribution in [0.4, 0.5) is 10.1 Å². The van der Waals surface area contributed by atoms with E-state index in [9.17, 15) is 12.8 Å². The molecule has 0 saturated heterocycles. The van der Waals surface area contributed by atoms with Crippen molar-refractivity contribution in [1.29, 1.82) is 0 Å². The SMILES string of the molecule is CNCc1cc(S(=O)(=O)Nc2ccc(F)cc2Br)c(C)s1. The normalized spacial score (nSPS) is 11.6. The molecule has 0 unspecified atom stereocenters. The van der Waals surface area contributed by atoms with Crippen LogP contribution in [0.2, 0.25) is 0 Å². The Balaban J connectivity index is 2.34. The first kappa shape index (κ1) is 16.4. The number of aryl methyl sites for hydroxylation is 1. The van der Waals surface area contributed by atoms with Crippen molar-refractivity contribution in [2.24, 2.45) is 0 Å². The lowest BCUT2D eigenvalue weighted by Gasteiger charge is -2.09. The Morgan fingerprint density at radius 3 is 2.67 bits per heavy atom. The van der Waals surface area contributed by atoms with Gasteiger partial charge in [-0.1, -0.05) is 0 Å². The van der Waals surface area contributed by atoms with E-state index >= 15 is 0 Å². The number of rotatable bonds is 5. The number of anilines is 1. The number of hydrogen-bond donors (Lipinski definition) is 2. The Morgan fingerprint density at radius 2 is 2.05 bits per heavy atom. The second-order valence-corrected chi connectivity index (χ2v) is 8.24. The molecule has 0 bridgehead atoms. The number of thiophene rings is 1. The molecule has 0 fully saturated rings. The summed E-state index contributed by atoms with van der Waals surface area (Å²) in [6.07, 6.45) is 0. The molecule has 114 valence electrons. The molecule has 8 heteroatoms. The molecule has 0 aliphatic rings. The lowest BCUT2D eigenvalue weighted by molar-refractivity contribution is 0.600. The average Bonchev–Trinajstić information content (AvgIpc) is 2.75. The zero-order valence-electron chi connectivity index (χ0n) is 11.4. The van der Waals surface area contributed by atoms with Gasteiger partial charge in [0.05, 0.1) is 5.69 Å². The quantitative estimate of drug-likeness (QED) is 0.818. The Bertz CT molecular complexity index is 760. The van der Waals surface area contributed by atoms with Crippen LogP contribution in [0.15, 0.2) is 33.6 Å². The van der Waals surface area contributed by atoms with E-state index in [-0.39, 0.29) is 4.90 Å². The molecule has 1 aromatic heterocycles. The minimum atomic E-state index is -3.70. The van der Waals surface area contributed by atoms with Crippen LogP contribution < -0.4 is 10.0 Å². The van der Waals surface area contributed by atoms with Crippen molar-refractivity contribution in [3.05, 3.63) is 44.3 Å². The van der Waals surface area contributed by atoms with Crippen LogP contribution in [-0.2, 0) is 16.6 Å². The van der Waals surface area contributed by atoms with E-state index in [4.69, 9.17) is 0 Å².